The Hall–Kier alpha value is -3.63. The summed E-state index contributed by atoms with van der Waals surface area (Å²) in [6.45, 7) is 16.8. The largest absolute Gasteiger partial charge is 1.00 e. The second-order valence-corrected chi connectivity index (χ2v) is 12.8. The van der Waals surface area contributed by atoms with Gasteiger partial charge in [0.05, 0.1) is 11.5 Å². The fourth-order valence-electron chi connectivity index (χ4n) is 6.32. The number of nitrogens with zero attached hydrogens (tertiary/aromatic N) is 2. The highest BCUT2D eigenvalue weighted by atomic mass is 19.4. The Kier molecular flexibility index (Phi) is 7.44. The minimum Gasteiger partial charge on any atom is -1.00 e. The number of benzene rings is 2. The summed E-state index contributed by atoms with van der Waals surface area (Å²) in [5.74, 6) is 1.96. The van der Waals surface area contributed by atoms with Gasteiger partial charge < -0.3 is 28.6 Å². The van der Waals surface area contributed by atoms with Crippen LogP contribution >= 0.6 is 0 Å². The quantitative estimate of drug-likeness (QED) is 0.295. The van der Waals surface area contributed by atoms with Crippen LogP contribution in [0.15, 0.2) is 48.2 Å². The van der Waals surface area contributed by atoms with Gasteiger partial charge in [0.1, 0.15) is 7.05 Å². The predicted octanol–water partition coefficient (Wildman–Crippen LogP) is 4.46. The van der Waals surface area contributed by atoms with Crippen molar-refractivity contribution in [3.8, 4) is 23.0 Å². The van der Waals surface area contributed by atoms with Crippen molar-refractivity contribution in [3.63, 3.8) is 0 Å². The van der Waals surface area contributed by atoms with Crippen LogP contribution in [-0.4, -0.2) is 43.5 Å². The van der Waals surface area contributed by atoms with Crippen LogP contribution in [0.5, 0.6) is 23.0 Å². The standard InChI is InChI=1S/C31H37N2O4.BF3.FH/c1-28(2)18-14-22-24(36-30(5,6)34-22)16-20(18)32(9)26(28)12-11-13-27-29(3,4)19-15-23-25(17-21(19)33(27)10)37-31(7,8)35-23;2-1(3)4;/h11-17H,1-10H3;;1H/q+1;;/p-1. The fourth-order valence-corrected chi connectivity index (χ4v) is 6.32. The van der Waals surface area contributed by atoms with Crippen molar-refractivity contribution in [2.75, 3.05) is 19.0 Å². The van der Waals surface area contributed by atoms with E-state index in [9.17, 15) is 12.9 Å². The summed E-state index contributed by atoms with van der Waals surface area (Å²) in [6.07, 6.45) is 6.63. The van der Waals surface area contributed by atoms with Gasteiger partial charge in [-0.3, -0.25) is 12.9 Å². The Balaban J connectivity index is 0.000000763. The maximum Gasteiger partial charge on any atom is 0.762 e. The molecule has 0 saturated heterocycles. The summed E-state index contributed by atoms with van der Waals surface area (Å²) >= 11 is 0. The molecule has 0 radical (unpaired) electrons. The van der Waals surface area contributed by atoms with Crippen molar-refractivity contribution in [1.82, 2.24) is 0 Å². The molecule has 42 heavy (non-hydrogen) atoms. The third-order valence-electron chi connectivity index (χ3n) is 8.13. The lowest BCUT2D eigenvalue weighted by Gasteiger charge is -2.24. The van der Waals surface area contributed by atoms with E-state index in [1.165, 1.54) is 22.5 Å². The molecule has 0 amide bonds. The molecule has 0 fully saturated rings. The van der Waals surface area contributed by atoms with Gasteiger partial charge in [-0.05, 0) is 37.6 Å². The van der Waals surface area contributed by atoms with E-state index in [-0.39, 0.29) is 15.5 Å². The van der Waals surface area contributed by atoms with Gasteiger partial charge in [0.15, 0.2) is 28.7 Å². The monoisotopic (exact) mass is 588 g/mol. The predicted molar refractivity (Wildman–Crippen MR) is 155 cm³/mol. The normalized spacial score (nSPS) is 21.6. The van der Waals surface area contributed by atoms with Gasteiger partial charge in [0, 0.05) is 69.2 Å². The zero-order valence-electron chi connectivity index (χ0n) is 25.7. The molecule has 6 nitrogen and oxygen atoms in total. The molecule has 11 heteroatoms. The fraction of sp³-hybridized carbons (Fsp3) is 0.452. The first-order valence-corrected chi connectivity index (χ1v) is 13.6. The molecule has 0 atom stereocenters. The van der Waals surface area contributed by atoms with Crippen LogP contribution in [0.25, 0.3) is 0 Å². The third kappa shape index (κ3) is 5.11. The van der Waals surface area contributed by atoms with Crippen molar-refractivity contribution < 1.29 is 41.2 Å². The number of rotatable bonds is 2. The Labute approximate surface area is 245 Å². The van der Waals surface area contributed by atoms with E-state index >= 15 is 0 Å². The van der Waals surface area contributed by atoms with Gasteiger partial charge in [-0.1, -0.05) is 19.9 Å². The van der Waals surface area contributed by atoms with Crippen LogP contribution in [0.1, 0.15) is 66.5 Å². The molecule has 226 valence electrons. The molecule has 0 aliphatic carbocycles. The van der Waals surface area contributed by atoms with Gasteiger partial charge in [-0.2, -0.15) is 4.58 Å². The lowest BCUT2D eigenvalue weighted by atomic mass is 9.81. The molecule has 4 aliphatic heterocycles. The summed E-state index contributed by atoms with van der Waals surface area (Å²) in [7, 11) is 0.580. The molecule has 2 aromatic carbocycles. The van der Waals surface area contributed by atoms with E-state index in [1.54, 1.807) is 0 Å². The molecule has 4 heterocycles. The molecule has 4 aliphatic rings. The molecule has 2 aromatic rings. The first-order chi connectivity index (χ1) is 18.8. The molecular formula is C31H37BF4N2O4. The number of fused-ring (bicyclic) bond motifs is 4. The molecule has 0 bridgehead atoms. The number of anilines is 1. The molecule has 0 spiro atoms. The maximum absolute atomic E-state index is 9.67. The first-order valence-electron chi connectivity index (χ1n) is 13.6. The number of hydrogen-bond donors (Lipinski definition) is 0. The SMILES string of the molecule is CN1C(=CC=CC2=[N+](C)c3cc4c(cc3C2(C)C)OC(C)(C)O4)C(C)(C)c2cc3c(cc21)OC(C)(C)O3.FB(F)F.[F-]. The average molecular weight is 588 g/mol. The number of allylic oxidation sites excluding steroid dienone is 4. The molecule has 0 unspecified atom stereocenters. The number of ether oxygens (including phenoxy) is 4. The van der Waals surface area contributed by atoms with E-state index in [0.29, 0.717) is 0 Å². The summed E-state index contributed by atoms with van der Waals surface area (Å²) in [4.78, 5) is 2.26. The molecular weight excluding hydrogens is 551 g/mol. The number of halogens is 4. The van der Waals surface area contributed by atoms with E-state index in [0.717, 1.165) is 34.4 Å². The molecule has 0 saturated carbocycles. The minimum atomic E-state index is -3.67. The van der Waals surface area contributed by atoms with Gasteiger partial charge in [-0.25, -0.2) is 0 Å². The minimum absolute atomic E-state index is 0. The van der Waals surface area contributed by atoms with Gasteiger partial charge in [0.25, 0.3) is 0 Å². The Morgan fingerprint density at radius 2 is 1.19 bits per heavy atom. The Morgan fingerprint density at radius 3 is 1.71 bits per heavy atom. The Bertz CT molecular complexity index is 1530. The van der Waals surface area contributed by atoms with Crippen molar-refractivity contribution in [2.24, 2.45) is 0 Å². The van der Waals surface area contributed by atoms with Crippen LogP contribution < -0.4 is 28.6 Å². The molecule has 0 N–H and O–H groups in total. The van der Waals surface area contributed by atoms with Crippen molar-refractivity contribution in [2.45, 2.75) is 77.8 Å². The summed E-state index contributed by atoms with van der Waals surface area (Å²) in [6, 6.07) is 8.50. The maximum atomic E-state index is 9.67. The Morgan fingerprint density at radius 1 is 0.738 bits per heavy atom. The van der Waals surface area contributed by atoms with Crippen molar-refractivity contribution in [1.29, 1.82) is 0 Å². The van der Waals surface area contributed by atoms with E-state index < -0.39 is 19.1 Å². The van der Waals surface area contributed by atoms with Crippen molar-refractivity contribution >= 4 is 24.6 Å². The zero-order chi connectivity index (χ0) is 30.3. The second-order valence-electron chi connectivity index (χ2n) is 12.8. The van der Waals surface area contributed by atoms with Crippen LogP contribution in [0.4, 0.5) is 24.3 Å². The highest BCUT2D eigenvalue weighted by molar-refractivity contribution is 6.33. The molecule has 6 rings (SSSR count). The number of hydrogen-bond acceptors (Lipinski definition) is 5. The van der Waals surface area contributed by atoms with Crippen molar-refractivity contribution in [3.05, 3.63) is 59.3 Å². The van der Waals surface area contributed by atoms with Crippen LogP contribution in [0.3, 0.4) is 0 Å². The first kappa shape index (κ1) is 31.3. The average Bonchev–Trinajstić information content (AvgIpc) is 3.42. The highest BCUT2D eigenvalue weighted by Crippen LogP contribution is 2.53. The third-order valence-corrected chi connectivity index (χ3v) is 8.13. The smallest absolute Gasteiger partial charge is 0.762 e. The lowest BCUT2D eigenvalue weighted by Crippen LogP contribution is -3.00. The van der Waals surface area contributed by atoms with Crippen LogP contribution in [0, 0.1) is 0 Å². The molecule has 0 aromatic heterocycles. The second kappa shape index (κ2) is 9.99. The number of likely N-dealkylation sites (N-methyl/N-ethyl adjacent to an activating group) is 1. The van der Waals surface area contributed by atoms with E-state index in [1.807, 2.05) is 27.7 Å². The van der Waals surface area contributed by atoms with Gasteiger partial charge in [-0.15, -0.1) is 0 Å². The van der Waals surface area contributed by atoms with Gasteiger partial charge in [0.2, 0.25) is 17.3 Å². The van der Waals surface area contributed by atoms with E-state index in [2.05, 4.69) is 93.8 Å². The summed E-state index contributed by atoms with van der Waals surface area (Å²) in [5.41, 5.74) is 6.89. The summed E-state index contributed by atoms with van der Waals surface area (Å²) < 4.78 is 55.4. The van der Waals surface area contributed by atoms with E-state index in [4.69, 9.17) is 18.9 Å². The van der Waals surface area contributed by atoms with Crippen LogP contribution in [0.2, 0.25) is 0 Å². The lowest BCUT2D eigenvalue weighted by molar-refractivity contribution is -0.401. The highest BCUT2D eigenvalue weighted by Gasteiger charge is 2.46. The summed E-state index contributed by atoms with van der Waals surface area (Å²) in [5, 5.41) is 0. The zero-order valence-corrected chi connectivity index (χ0v) is 25.7. The van der Waals surface area contributed by atoms with Gasteiger partial charge >= 0.3 is 7.54 Å². The van der Waals surface area contributed by atoms with Crippen LogP contribution in [-0.2, 0) is 10.8 Å². The topological polar surface area (TPSA) is 43.2 Å².